The molecule has 0 aliphatic carbocycles. The molecule has 2 aromatic rings. The van der Waals surface area contributed by atoms with Gasteiger partial charge in [0, 0.05) is 0 Å². The van der Waals surface area contributed by atoms with E-state index in [4.69, 9.17) is 23.2 Å². The molecule has 1 unspecified atom stereocenters. The first-order valence-electron chi connectivity index (χ1n) is 5.92. The van der Waals surface area contributed by atoms with E-state index in [2.05, 4.69) is 10.3 Å². The Hall–Kier alpha value is -1.16. The molecule has 0 saturated carbocycles. The normalized spacial score (nSPS) is 12.4. The van der Waals surface area contributed by atoms with E-state index in [1.807, 2.05) is 19.1 Å². The molecule has 0 bridgehead atoms. The first-order valence-corrected chi connectivity index (χ1v) is 6.67. The van der Waals surface area contributed by atoms with Crippen molar-refractivity contribution >= 4 is 23.2 Å². The number of aromatic nitrogens is 1. The number of nitrogens with zero attached hydrogens (tertiary/aromatic N) is 1. The average Bonchev–Trinajstić information content (AvgIpc) is 2.41. The van der Waals surface area contributed by atoms with Crippen molar-refractivity contribution in [3.05, 3.63) is 63.6 Å². The number of halogens is 3. The summed E-state index contributed by atoms with van der Waals surface area (Å²) in [6.07, 6.45) is 1.19. The molecule has 0 amide bonds. The molecule has 1 atom stereocenters. The van der Waals surface area contributed by atoms with Crippen molar-refractivity contribution < 1.29 is 4.39 Å². The molecule has 0 fully saturated rings. The van der Waals surface area contributed by atoms with Crippen LogP contribution in [-0.2, 0) is 0 Å². The van der Waals surface area contributed by atoms with Crippen molar-refractivity contribution in [2.45, 2.75) is 13.0 Å². The fourth-order valence-electron chi connectivity index (χ4n) is 1.88. The Kier molecular flexibility index (Phi) is 4.75. The van der Waals surface area contributed by atoms with Gasteiger partial charge < -0.3 is 5.32 Å². The topological polar surface area (TPSA) is 24.9 Å². The van der Waals surface area contributed by atoms with E-state index in [0.29, 0.717) is 15.7 Å². The first-order chi connectivity index (χ1) is 9.13. The summed E-state index contributed by atoms with van der Waals surface area (Å²) >= 11 is 12.3. The van der Waals surface area contributed by atoms with Crippen LogP contribution in [0.25, 0.3) is 0 Å². The quantitative estimate of drug-likeness (QED) is 0.914. The van der Waals surface area contributed by atoms with Gasteiger partial charge in [-0.15, -0.1) is 0 Å². The third-order valence-corrected chi connectivity index (χ3v) is 3.58. The van der Waals surface area contributed by atoms with E-state index in [-0.39, 0.29) is 11.9 Å². The standard InChI is InChI=1S/C14H13Cl2FN2/c1-2-18-14(12-7-6-9(17)8-19-12)10-4-3-5-11(15)13(10)16/h3-8,14,18H,2H2,1H3. The molecule has 2 nitrogen and oxygen atoms in total. The van der Waals surface area contributed by atoms with Gasteiger partial charge in [-0.1, -0.05) is 42.3 Å². The molecular weight excluding hydrogens is 286 g/mol. The van der Waals surface area contributed by atoms with Crippen LogP contribution in [0.5, 0.6) is 0 Å². The predicted octanol–water partition coefficient (Wildman–Crippen LogP) is 4.23. The van der Waals surface area contributed by atoms with Crippen molar-refractivity contribution in [3.63, 3.8) is 0 Å². The number of hydrogen-bond acceptors (Lipinski definition) is 2. The van der Waals surface area contributed by atoms with Crippen molar-refractivity contribution in [1.82, 2.24) is 10.3 Å². The van der Waals surface area contributed by atoms with Gasteiger partial charge in [-0.3, -0.25) is 4.98 Å². The van der Waals surface area contributed by atoms with Crippen LogP contribution >= 0.6 is 23.2 Å². The maximum Gasteiger partial charge on any atom is 0.141 e. The summed E-state index contributed by atoms with van der Waals surface area (Å²) in [7, 11) is 0. The minimum Gasteiger partial charge on any atom is -0.305 e. The summed E-state index contributed by atoms with van der Waals surface area (Å²) < 4.78 is 13.0. The Morgan fingerprint density at radius 1 is 1.26 bits per heavy atom. The number of hydrogen-bond donors (Lipinski definition) is 1. The summed E-state index contributed by atoms with van der Waals surface area (Å²) in [5.74, 6) is -0.365. The lowest BCUT2D eigenvalue weighted by Crippen LogP contribution is -2.23. The number of nitrogens with one attached hydrogen (secondary N) is 1. The van der Waals surface area contributed by atoms with Crippen LogP contribution in [0.4, 0.5) is 4.39 Å². The molecular formula is C14H13Cl2FN2. The van der Waals surface area contributed by atoms with Crippen LogP contribution in [0.2, 0.25) is 10.0 Å². The second kappa shape index (κ2) is 6.33. The monoisotopic (exact) mass is 298 g/mol. The summed E-state index contributed by atoms with van der Waals surface area (Å²) in [6.45, 7) is 2.71. The number of pyridine rings is 1. The lowest BCUT2D eigenvalue weighted by atomic mass is 10.0. The van der Waals surface area contributed by atoms with Crippen LogP contribution in [0, 0.1) is 5.82 Å². The summed E-state index contributed by atoms with van der Waals surface area (Å²) in [4.78, 5) is 4.11. The Morgan fingerprint density at radius 2 is 2.05 bits per heavy atom. The minimum atomic E-state index is -0.365. The van der Waals surface area contributed by atoms with Gasteiger partial charge in [0.1, 0.15) is 5.82 Å². The lowest BCUT2D eigenvalue weighted by molar-refractivity contribution is 0.594. The highest BCUT2D eigenvalue weighted by molar-refractivity contribution is 6.42. The van der Waals surface area contributed by atoms with Gasteiger partial charge in [-0.05, 0) is 30.3 Å². The summed E-state index contributed by atoms with van der Waals surface area (Å²) in [5.41, 5.74) is 1.53. The van der Waals surface area contributed by atoms with Crippen LogP contribution in [0.15, 0.2) is 36.5 Å². The van der Waals surface area contributed by atoms with Gasteiger partial charge in [0.15, 0.2) is 0 Å². The zero-order chi connectivity index (χ0) is 13.8. The fraction of sp³-hybridized carbons (Fsp3) is 0.214. The predicted molar refractivity (Wildman–Crippen MR) is 76.2 cm³/mol. The van der Waals surface area contributed by atoms with Crippen molar-refractivity contribution in [2.24, 2.45) is 0 Å². The Labute approximate surface area is 121 Å². The van der Waals surface area contributed by atoms with Gasteiger partial charge in [-0.2, -0.15) is 0 Å². The molecule has 0 aliphatic heterocycles. The highest BCUT2D eigenvalue weighted by atomic mass is 35.5. The van der Waals surface area contributed by atoms with E-state index in [1.165, 1.54) is 12.3 Å². The second-order valence-electron chi connectivity index (χ2n) is 4.04. The molecule has 1 heterocycles. The largest absolute Gasteiger partial charge is 0.305 e. The van der Waals surface area contributed by atoms with Gasteiger partial charge in [-0.25, -0.2) is 4.39 Å². The number of benzene rings is 1. The van der Waals surface area contributed by atoms with Crippen LogP contribution < -0.4 is 5.32 Å². The van der Waals surface area contributed by atoms with Crippen LogP contribution in [-0.4, -0.2) is 11.5 Å². The van der Waals surface area contributed by atoms with Crippen molar-refractivity contribution in [3.8, 4) is 0 Å². The molecule has 2 rings (SSSR count). The molecule has 0 radical (unpaired) electrons. The molecule has 100 valence electrons. The molecule has 5 heteroatoms. The molecule has 1 aromatic carbocycles. The highest BCUT2D eigenvalue weighted by Crippen LogP contribution is 2.32. The zero-order valence-corrected chi connectivity index (χ0v) is 11.8. The maximum atomic E-state index is 13.0. The average molecular weight is 299 g/mol. The molecule has 0 spiro atoms. The first kappa shape index (κ1) is 14.3. The Balaban J connectivity index is 2.45. The summed E-state index contributed by atoms with van der Waals surface area (Å²) in [5, 5.41) is 4.25. The molecule has 1 N–H and O–H groups in total. The van der Waals surface area contributed by atoms with Gasteiger partial charge in [0.2, 0.25) is 0 Å². The maximum absolute atomic E-state index is 13.0. The molecule has 0 aliphatic rings. The van der Waals surface area contributed by atoms with Crippen molar-refractivity contribution in [1.29, 1.82) is 0 Å². The SMILES string of the molecule is CCNC(c1ccc(F)cn1)c1cccc(Cl)c1Cl. The van der Waals surface area contributed by atoms with E-state index >= 15 is 0 Å². The van der Waals surface area contributed by atoms with E-state index < -0.39 is 0 Å². The Morgan fingerprint density at radius 3 is 2.68 bits per heavy atom. The zero-order valence-electron chi connectivity index (χ0n) is 10.3. The van der Waals surface area contributed by atoms with Crippen LogP contribution in [0.3, 0.4) is 0 Å². The van der Waals surface area contributed by atoms with E-state index in [1.54, 1.807) is 12.1 Å². The second-order valence-corrected chi connectivity index (χ2v) is 4.82. The molecule has 19 heavy (non-hydrogen) atoms. The number of rotatable bonds is 4. The van der Waals surface area contributed by atoms with E-state index in [9.17, 15) is 4.39 Å². The van der Waals surface area contributed by atoms with Crippen LogP contribution in [0.1, 0.15) is 24.2 Å². The fourth-order valence-corrected chi connectivity index (χ4v) is 2.30. The molecule has 0 saturated heterocycles. The lowest BCUT2D eigenvalue weighted by Gasteiger charge is -2.19. The smallest absolute Gasteiger partial charge is 0.141 e. The van der Waals surface area contributed by atoms with Crippen molar-refractivity contribution in [2.75, 3.05) is 6.54 Å². The molecule has 1 aromatic heterocycles. The minimum absolute atomic E-state index is 0.211. The highest BCUT2D eigenvalue weighted by Gasteiger charge is 2.18. The van der Waals surface area contributed by atoms with Gasteiger partial charge in [0.05, 0.1) is 28.0 Å². The third kappa shape index (κ3) is 3.24. The van der Waals surface area contributed by atoms with Gasteiger partial charge >= 0.3 is 0 Å². The van der Waals surface area contributed by atoms with E-state index in [0.717, 1.165) is 12.1 Å². The van der Waals surface area contributed by atoms with Gasteiger partial charge in [0.25, 0.3) is 0 Å². The Bertz CT molecular complexity index is 558. The third-order valence-electron chi connectivity index (χ3n) is 2.75. The summed E-state index contributed by atoms with van der Waals surface area (Å²) in [6, 6.07) is 8.25.